The Balaban J connectivity index is 2.69. The predicted molar refractivity (Wildman–Crippen MR) is 76.5 cm³/mol. The molecule has 1 aromatic rings. The quantitative estimate of drug-likeness (QED) is 0.694. The first kappa shape index (κ1) is 14.4. The molecule has 1 amide bonds. The summed E-state index contributed by atoms with van der Waals surface area (Å²) in [7, 11) is 0. The van der Waals surface area contributed by atoms with Gasteiger partial charge in [0, 0.05) is 6.04 Å². The van der Waals surface area contributed by atoms with Gasteiger partial charge < -0.3 is 16.4 Å². The predicted octanol–water partition coefficient (Wildman–Crippen LogP) is 1.04. The van der Waals surface area contributed by atoms with Crippen LogP contribution in [0.5, 0.6) is 0 Å². The van der Waals surface area contributed by atoms with Crippen molar-refractivity contribution in [3.05, 3.63) is 23.9 Å². The maximum absolute atomic E-state index is 11.7. The largest absolute Gasteiger partial charge is 0.388 e. The summed E-state index contributed by atoms with van der Waals surface area (Å²) in [6, 6.07) is 5.02. The fourth-order valence-corrected chi connectivity index (χ4v) is 1.46. The molecule has 0 spiro atoms. The van der Waals surface area contributed by atoms with Crippen LogP contribution in [0.25, 0.3) is 0 Å². The highest BCUT2D eigenvalue weighted by Gasteiger charge is 2.13. The van der Waals surface area contributed by atoms with Crippen molar-refractivity contribution in [1.29, 1.82) is 0 Å². The molecule has 0 aromatic carbocycles. The Labute approximate surface area is 112 Å². The van der Waals surface area contributed by atoms with Gasteiger partial charge in [0.25, 0.3) is 0 Å². The smallest absolute Gasteiger partial charge is 0.242 e. The first-order chi connectivity index (χ1) is 8.40. The summed E-state index contributed by atoms with van der Waals surface area (Å²) < 4.78 is 0. The van der Waals surface area contributed by atoms with E-state index in [4.69, 9.17) is 18.0 Å². The standard InChI is InChI=1S/C12H18N4OS/c1-7(2)14-12(17)8(3)15-10-6-4-5-9(16-10)11(13)18/h4-8H,1-3H3,(H2,13,18)(H,14,17)(H,15,16). The Morgan fingerprint density at radius 3 is 2.61 bits per heavy atom. The average molecular weight is 266 g/mol. The number of thiocarbonyl (C=S) groups is 1. The van der Waals surface area contributed by atoms with E-state index in [9.17, 15) is 4.79 Å². The number of anilines is 1. The number of nitrogens with zero attached hydrogens (tertiary/aromatic N) is 1. The SMILES string of the molecule is CC(C)NC(=O)C(C)Nc1cccc(C(N)=S)n1. The van der Waals surface area contributed by atoms with Gasteiger partial charge in [-0.3, -0.25) is 4.79 Å². The number of aromatic nitrogens is 1. The van der Waals surface area contributed by atoms with E-state index in [1.54, 1.807) is 25.1 Å². The molecule has 0 bridgehead atoms. The zero-order valence-corrected chi connectivity index (χ0v) is 11.5. The minimum absolute atomic E-state index is 0.0764. The molecule has 4 N–H and O–H groups in total. The highest BCUT2D eigenvalue weighted by atomic mass is 32.1. The van der Waals surface area contributed by atoms with E-state index in [1.807, 2.05) is 13.8 Å². The Kier molecular flexibility index (Phi) is 5.03. The van der Waals surface area contributed by atoms with E-state index in [-0.39, 0.29) is 23.0 Å². The van der Waals surface area contributed by atoms with Crippen molar-refractivity contribution in [2.24, 2.45) is 5.73 Å². The Morgan fingerprint density at radius 2 is 2.06 bits per heavy atom. The van der Waals surface area contributed by atoms with Gasteiger partial charge in [0.15, 0.2) is 0 Å². The Morgan fingerprint density at radius 1 is 1.39 bits per heavy atom. The van der Waals surface area contributed by atoms with Gasteiger partial charge in [-0.1, -0.05) is 18.3 Å². The minimum Gasteiger partial charge on any atom is -0.388 e. The molecule has 0 saturated carbocycles. The van der Waals surface area contributed by atoms with Crippen LogP contribution >= 0.6 is 12.2 Å². The van der Waals surface area contributed by atoms with Crippen LogP contribution in [0.2, 0.25) is 0 Å². The second kappa shape index (κ2) is 6.30. The molecule has 1 atom stereocenters. The van der Waals surface area contributed by atoms with Gasteiger partial charge in [0.1, 0.15) is 16.8 Å². The molecule has 5 nitrogen and oxygen atoms in total. The van der Waals surface area contributed by atoms with E-state index < -0.39 is 0 Å². The number of nitrogens with two attached hydrogens (primary N) is 1. The molecule has 98 valence electrons. The first-order valence-electron chi connectivity index (χ1n) is 5.74. The third-order valence-electron chi connectivity index (χ3n) is 2.19. The van der Waals surface area contributed by atoms with E-state index in [0.717, 1.165) is 0 Å². The maximum atomic E-state index is 11.7. The van der Waals surface area contributed by atoms with Crippen molar-refractivity contribution < 1.29 is 4.79 Å². The monoisotopic (exact) mass is 266 g/mol. The number of pyridine rings is 1. The van der Waals surface area contributed by atoms with E-state index in [2.05, 4.69) is 15.6 Å². The average Bonchev–Trinajstić information content (AvgIpc) is 2.28. The summed E-state index contributed by atoms with van der Waals surface area (Å²) in [6.45, 7) is 5.60. The number of amides is 1. The minimum atomic E-state index is -0.374. The van der Waals surface area contributed by atoms with Gasteiger partial charge in [-0.25, -0.2) is 4.98 Å². The Bertz CT molecular complexity index is 447. The van der Waals surface area contributed by atoms with Crippen LogP contribution in [0.15, 0.2) is 18.2 Å². The lowest BCUT2D eigenvalue weighted by atomic mass is 10.2. The van der Waals surface area contributed by atoms with E-state index >= 15 is 0 Å². The molecule has 0 radical (unpaired) electrons. The zero-order chi connectivity index (χ0) is 13.7. The van der Waals surface area contributed by atoms with E-state index in [1.165, 1.54) is 0 Å². The second-order valence-electron chi connectivity index (χ2n) is 4.30. The fraction of sp³-hybridized carbons (Fsp3) is 0.417. The van der Waals surface area contributed by atoms with Crippen molar-refractivity contribution in [3.8, 4) is 0 Å². The highest BCUT2D eigenvalue weighted by molar-refractivity contribution is 7.80. The van der Waals surface area contributed by atoms with Gasteiger partial charge in [0.2, 0.25) is 5.91 Å². The normalized spacial score (nSPS) is 12.0. The molecule has 0 aliphatic carbocycles. The lowest BCUT2D eigenvalue weighted by molar-refractivity contribution is -0.122. The first-order valence-corrected chi connectivity index (χ1v) is 6.14. The number of carbonyl (C=O) groups is 1. The molecular formula is C12H18N4OS. The van der Waals surface area contributed by atoms with Crippen LogP contribution < -0.4 is 16.4 Å². The molecule has 0 aliphatic rings. The fourth-order valence-electron chi connectivity index (χ4n) is 1.35. The van der Waals surface area contributed by atoms with Crippen LogP contribution in [-0.4, -0.2) is 28.0 Å². The van der Waals surface area contributed by atoms with Gasteiger partial charge in [0.05, 0.1) is 5.69 Å². The highest BCUT2D eigenvalue weighted by Crippen LogP contribution is 2.06. The summed E-state index contributed by atoms with van der Waals surface area (Å²) in [4.78, 5) is 16.2. The number of nitrogens with one attached hydrogen (secondary N) is 2. The van der Waals surface area contributed by atoms with Gasteiger partial charge in [-0.05, 0) is 32.9 Å². The summed E-state index contributed by atoms with van der Waals surface area (Å²) in [6.07, 6.45) is 0. The molecule has 1 aromatic heterocycles. The zero-order valence-electron chi connectivity index (χ0n) is 10.7. The molecule has 18 heavy (non-hydrogen) atoms. The van der Waals surface area contributed by atoms with Crippen molar-refractivity contribution in [1.82, 2.24) is 10.3 Å². The van der Waals surface area contributed by atoms with Crippen molar-refractivity contribution in [3.63, 3.8) is 0 Å². The molecule has 0 saturated heterocycles. The molecule has 6 heteroatoms. The molecule has 1 unspecified atom stereocenters. The van der Waals surface area contributed by atoms with Gasteiger partial charge in [-0.15, -0.1) is 0 Å². The van der Waals surface area contributed by atoms with Crippen LogP contribution in [0.4, 0.5) is 5.82 Å². The maximum Gasteiger partial charge on any atom is 0.242 e. The van der Waals surface area contributed by atoms with Gasteiger partial charge >= 0.3 is 0 Å². The molecule has 0 fully saturated rings. The van der Waals surface area contributed by atoms with Gasteiger partial charge in [-0.2, -0.15) is 0 Å². The number of rotatable bonds is 5. The molecule has 0 aliphatic heterocycles. The summed E-state index contributed by atoms with van der Waals surface area (Å²) in [5.41, 5.74) is 6.03. The lowest BCUT2D eigenvalue weighted by Crippen LogP contribution is -2.41. The molecule has 1 heterocycles. The van der Waals surface area contributed by atoms with Crippen LogP contribution in [0, 0.1) is 0 Å². The van der Waals surface area contributed by atoms with Crippen LogP contribution in [-0.2, 0) is 4.79 Å². The van der Waals surface area contributed by atoms with Crippen molar-refractivity contribution in [2.75, 3.05) is 5.32 Å². The summed E-state index contributed by atoms with van der Waals surface area (Å²) >= 11 is 4.85. The molecule has 1 rings (SSSR count). The molecular weight excluding hydrogens is 248 g/mol. The topological polar surface area (TPSA) is 80.0 Å². The third-order valence-corrected chi connectivity index (χ3v) is 2.40. The van der Waals surface area contributed by atoms with Crippen molar-refractivity contribution >= 4 is 28.9 Å². The van der Waals surface area contributed by atoms with Crippen molar-refractivity contribution in [2.45, 2.75) is 32.9 Å². The van der Waals surface area contributed by atoms with E-state index in [0.29, 0.717) is 11.5 Å². The third kappa shape index (κ3) is 4.29. The Hall–Kier alpha value is -1.69. The number of carbonyl (C=O) groups excluding carboxylic acids is 1. The van der Waals surface area contributed by atoms with Crippen LogP contribution in [0.3, 0.4) is 0 Å². The summed E-state index contributed by atoms with van der Waals surface area (Å²) in [5.74, 6) is 0.499. The number of hydrogen-bond donors (Lipinski definition) is 3. The lowest BCUT2D eigenvalue weighted by Gasteiger charge is -2.16. The van der Waals surface area contributed by atoms with Crippen LogP contribution in [0.1, 0.15) is 26.5 Å². The second-order valence-corrected chi connectivity index (χ2v) is 4.74. The number of hydrogen-bond acceptors (Lipinski definition) is 4. The summed E-state index contributed by atoms with van der Waals surface area (Å²) in [5, 5.41) is 5.82.